The van der Waals surface area contributed by atoms with Crippen LogP contribution in [0.3, 0.4) is 0 Å². The monoisotopic (exact) mass is 279 g/mol. The molecule has 106 valence electrons. The minimum atomic E-state index is 0.126. The van der Waals surface area contributed by atoms with Gasteiger partial charge < -0.3 is 10.6 Å². The quantitative estimate of drug-likeness (QED) is 0.893. The number of thiazole rings is 1. The van der Waals surface area contributed by atoms with E-state index in [1.807, 2.05) is 11.3 Å². The second kappa shape index (κ2) is 5.51. The summed E-state index contributed by atoms with van der Waals surface area (Å²) in [6.45, 7) is 6.70. The molecule has 2 heterocycles. The van der Waals surface area contributed by atoms with Gasteiger partial charge in [0.25, 0.3) is 0 Å². The average molecular weight is 279 g/mol. The van der Waals surface area contributed by atoms with E-state index in [4.69, 9.17) is 4.98 Å². The Morgan fingerprint density at radius 1 is 1.21 bits per heavy atom. The van der Waals surface area contributed by atoms with Crippen molar-refractivity contribution in [2.24, 2.45) is 0 Å². The standard InChI is InChI=1S/C15H25N3S/c1-11(2)18-15(7-9-16-10-8-15)14-17-12-5-3-4-6-13(12)19-14/h11,16,18H,3-10H2,1-2H3. The van der Waals surface area contributed by atoms with Crippen molar-refractivity contribution in [1.82, 2.24) is 15.6 Å². The summed E-state index contributed by atoms with van der Waals surface area (Å²) >= 11 is 1.98. The number of nitrogens with one attached hydrogen (secondary N) is 2. The molecule has 0 spiro atoms. The van der Waals surface area contributed by atoms with E-state index in [2.05, 4.69) is 24.5 Å². The molecule has 1 aliphatic carbocycles. The first kappa shape index (κ1) is 13.5. The highest BCUT2D eigenvalue weighted by atomic mass is 32.1. The van der Waals surface area contributed by atoms with E-state index in [1.54, 1.807) is 4.88 Å². The topological polar surface area (TPSA) is 37.0 Å². The summed E-state index contributed by atoms with van der Waals surface area (Å²) in [5, 5.41) is 8.67. The van der Waals surface area contributed by atoms with E-state index in [9.17, 15) is 0 Å². The third kappa shape index (κ3) is 2.71. The lowest BCUT2D eigenvalue weighted by Crippen LogP contribution is -2.52. The van der Waals surface area contributed by atoms with E-state index >= 15 is 0 Å². The van der Waals surface area contributed by atoms with Gasteiger partial charge in [-0.15, -0.1) is 11.3 Å². The molecule has 1 fully saturated rings. The molecule has 2 N–H and O–H groups in total. The first-order valence-electron chi connectivity index (χ1n) is 7.67. The highest BCUT2D eigenvalue weighted by Crippen LogP contribution is 2.37. The number of hydrogen-bond donors (Lipinski definition) is 2. The summed E-state index contributed by atoms with van der Waals surface area (Å²) in [7, 11) is 0. The predicted octanol–water partition coefficient (Wildman–Crippen LogP) is 2.60. The minimum Gasteiger partial charge on any atom is -0.317 e. The van der Waals surface area contributed by atoms with Crippen LogP contribution in [0.2, 0.25) is 0 Å². The zero-order valence-corrected chi connectivity index (χ0v) is 12.9. The third-order valence-electron chi connectivity index (χ3n) is 4.28. The fraction of sp³-hybridized carbons (Fsp3) is 0.800. The number of rotatable bonds is 3. The summed E-state index contributed by atoms with van der Waals surface area (Å²) < 4.78 is 0. The fourth-order valence-corrected chi connectivity index (χ4v) is 4.74. The Kier molecular flexibility index (Phi) is 3.92. The van der Waals surface area contributed by atoms with E-state index in [1.165, 1.54) is 36.4 Å². The summed E-state index contributed by atoms with van der Waals surface area (Å²) in [6, 6.07) is 0.513. The second-order valence-corrected chi connectivity index (χ2v) is 7.31. The summed E-state index contributed by atoms with van der Waals surface area (Å²) in [6.07, 6.45) is 7.45. The molecule has 0 saturated carbocycles. The summed E-state index contributed by atoms with van der Waals surface area (Å²) in [5.41, 5.74) is 1.52. The smallest absolute Gasteiger partial charge is 0.113 e. The fourth-order valence-electron chi connectivity index (χ4n) is 3.38. The minimum absolute atomic E-state index is 0.126. The molecule has 0 atom stereocenters. The highest BCUT2D eigenvalue weighted by molar-refractivity contribution is 7.11. The molecule has 1 aromatic heterocycles. The number of nitrogens with zero attached hydrogens (tertiary/aromatic N) is 1. The Morgan fingerprint density at radius 2 is 1.95 bits per heavy atom. The van der Waals surface area contributed by atoms with Crippen molar-refractivity contribution in [3.05, 3.63) is 15.6 Å². The Bertz CT molecular complexity index is 409. The Labute approximate surface area is 120 Å². The molecule has 4 heteroatoms. The van der Waals surface area contributed by atoms with E-state index in [-0.39, 0.29) is 5.54 Å². The van der Waals surface area contributed by atoms with Gasteiger partial charge in [-0.05, 0) is 65.5 Å². The van der Waals surface area contributed by atoms with Gasteiger partial charge in [0.15, 0.2) is 0 Å². The van der Waals surface area contributed by atoms with Crippen LogP contribution in [0.4, 0.5) is 0 Å². The molecule has 1 aliphatic heterocycles. The van der Waals surface area contributed by atoms with E-state index in [0.29, 0.717) is 6.04 Å². The van der Waals surface area contributed by atoms with Crippen LogP contribution in [0.1, 0.15) is 55.1 Å². The van der Waals surface area contributed by atoms with Gasteiger partial charge in [0.05, 0.1) is 11.2 Å². The lowest BCUT2D eigenvalue weighted by molar-refractivity contribution is 0.227. The van der Waals surface area contributed by atoms with Crippen LogP contribution in [-0.4, -0.2) is 24.1 Å². The molecule has 0 unspecified atom stereocenters. The van der Waals surface area contributed by atoms with Crippen LogP contribution in [-0.2, 0) is 18.4 Å². The number of piperidine rings is 1. The molecular weight excluding hydrogens is 254 g/mol. The normalized spacial score (nSPS) is 22.5. The van der Waals surface area contributed by atoms with Crippen LogP contribution in [0.15, 0.2) is 0 Å². The molecule has 0 amide bonds. The SMILES string of the molecule is CC(C)NC1(c2nc3c(s2)CCCC3)CCNCC1. The molecule has 3 rings (SSSR count). The van der Waals surface area contributed by atoms with Gasteiger partial charge >= 0.3 is 0 Å². The maximum atomic E-state index is 5.03. The van der Waals surface area contributed by atoms with Gasteiger partial charge in [-0.1, -0.05) is 0 Å². The third-order valence-corrected chi connectivity index (χ3v) is 5.64. The van der Waals surface area contributed by atoms with Crippen LogP contribution in [0.25, 0.3) is 0 Å². The van der Waals surface area contributed by atoms with Gasteiger partial charge in [-0.2, -0.15) is 0 Å². The zero-order valence-electron chi connectivity index (χ0n) is 12.1. The zero-order chi connectivity index (χ0) is 13.3. The molecule has 1 saturated heterocycles. The van der Waals surface area contributed by atoms with Crippen molar-refractivity contribution < 1.29 is 0 Å². The van der Waals surface area contributed by atoms with Crippen molar-refractivity contribution in [3.8, 4) is 0 Å². The first-order valence-corrected chi connectivity index (χ1v) is 8.49. The molecule has 0 bridgehead atoms. The maximum Gasteiger partial charge on any atom is 0.113 e. The van der Waals surface area contributed by atoms with Gasteiger partial charge in [-0.3, -0.25) is 0 Å². The summed E-state index contributed by atoms with van der Waals surface area (Å²) in [4.78, 5) is 6.59. The van der Waals surface area contributed by atoms with Crippen LogP contribution in [0, 0.1) is 0 Å². The number of aromatic nitrogens is 1. The van der Waals surface area contributed by atoms with Crippen molar-refractivity contribution in [2.45, 2.75) is 64.0 Å². The summed E-state index contributed by atoms with van der Waals surface area (Å²) in [5.74, 6) is 0. The lowest BCUT2D eigenvalue weighted by atomic mass is 9.88. The Balaban J connectivity index is 1.92. The van der Waals surface area contributed by atoms with Gasteiger partial charge in [-0.25, -0.2) is 4.98 Å². The highest BCUT2D eigenvalue weighted by Gasteiger charge is 2.37. The Hall–Kier alpha value is -0.450. The lowest BCUT2D eigenvalue weighted by Gasteiger charge is -2.38. The van der Waals surface area contributed by atoms with Gasteiger partial charge in [0.1, 0.15) is 5.01 Å². The molecule has 19 heavy (non-hydrogen) atoms. The van der Waals surface area contributed by atoms with Gasteiger partial charge in [0.2, 0.25) is 0 Å². The van der Waals surface area contributed by atoms with Crippen molar-refractivity contribution >= 4 is 11.3 Å². The van der Waals surface area contributed by atoms with Crippen LogP contribution >= 0.6 is 11.3 Å². The maximum absolute atomic E-state index is 5.03. The number of fused-ring (bicyclic) bond motifs is 1. The largest absolute Gasteiger partial charge is 0.317 e. The Morgan fingerprint density at radius 3 is 2.63 bits per heavy atom. The first-order chi connectivity index (χ1) is 9.20. The van der Waals surface area contributed by atoms with E-state index in [0.717, 1.165) is 25.9 Å². The van der Waals surface area contributed by atoms with Crippen molar-refractivity contribution in [3.63, 3.8) is 0 Å². The molecule has 0 radical (unpaired) electrons. The molecule has 1 aromatic rings. The molecule has 0 aromatic carbocycles. The predicted molar refractivity (Wildman–Crippen MR) is 80.8 cm³/mol. The molecule has 3 nitrogen and oxygen atoms in total. The van der Waals surface area contributed by atoms with Crippen molar-refractivity contribution in [2.75, 3.05) is 13.1 Å². The average Bonchev–Trinajstić information content (AvgIpc) is 2.83. The number of aryl methyl sites for hydroxylation is 2. The van der Waals surface area contributed by atoms with Crippen LogP contribution in [0.5, 0.6) is 0 Å². The second-order valence-electron chi connectivity index (χ2n) is 6.23. The van der Waals surface area contributed by atoms with Crippen LogP contribution < -0.4 is 10.6 Å². The molecule has 2 aliphatic rings. The molecular formula is C15H25N3S. The van der Waals surface area contributed by atoms with Crippen molar-refractivity contribution in [1.29, 1.82) is 0 Å². The van der Waals surface area contributed by atoms with Gasteiger partial charge in [0, 0.05) is 10.9 Å². The number of hydrogen-bond acceptors (Lipinski definition) is 4. The van der Waals surface area contributed by atoms with E-state index < -0.39 is 0 Å².